The van der Waals surface area contributed by atoms with Crippen molar-refractivity contribution in [1.29, 1.82) is 0 Å². The highest BCUT2D eigenvalue weighted by atomic mass is 16.5. The number of para-hydroxylation sites is 3. The van der Waals surface area contributed by atoms with Gasteiger partial charge in [0, 0.05) is 5.56 Å². The van der Waals surface area contributed by atoms with Gasteiger partial charge in [-0.15, -0.1) is 0 Å². The molecule has 0 saturated heterocycles. The van der Waals surface area contributed by atoms with E-state index in [0.717, 1.165) is 39.0 Å². The molecule has 2 aliphatic rings. The van der Waals surface area contributed by atoms with Gasteiger partial charge in [0.15, 0.2) is 0 Å². The van der Waals surface area contributed by atoms with Gasteiger partial charge < -0.3 is 9.64 Å². The number of aryl methyl sites for hydroxylation is 1. The second-order valence-corrected chi connectivity index (χ2v) is 9.16. The molecule has 1 spiro atoms. The van der Waals surface area contributed by atoms with Gasteiger partial charge in [0.1, 0.15) is 0 Å². The van der Waals surface area contributed by atoms with Crippen molar-refractivity contribution in [3.8, 4) is 0 Å². The summed E-state index contributed by atoms with van der Waals surface area (Å²) in [5.41, 5.74) is 4.61. The van der Waals surface area contributed by atoms with Crippen LogP contribution in [0.3, 0.4) is 0 Å². The molecule has 0 saturated carbocycles. The van der Waals surface area contributed by atoms with Crippen molar-refractivity contribution >= 4 is 34.5 Å². The SMILES string of the molecule is Cc1cccc(C2=Nc3nc4ccccc4n3[C@]3(O2)C(=O)N(Cc2ccccc2)c2ccccc23)c1. The zero-order chi connectivity index (χ0) is 24.3. The third kappa shape index (κ3) is 2.88. The number of anilines is 1. The van der Waals surface area contributed by atoms with Crippen molar-refractivity contribution in [3.05, 3.63) is 125 Å². The molecule has 1 atom stereocenters. The number of nitrogens with zero attached hydrogens (tertiary/aromatic N) is 4. The number of aromatic nitrogens is 2. The normalized spacial score (nSPS) is 18.2. The minimum Gasteiger partial charge on any atom is -0.436 e. The standard InChI is InChI=1S/C30H22N4O2/c1-20-10-9-13-22(18-20)27-32-29-31-24-15-6-8-17-26(24)34(29)30(36-27)23-14-5-7-16-25(23)33(28(30)35)19-21-11-3-2-4-12-21/h2-18H,19H2,1H3/t30-/m1/s1. The van der Waals surface area contributed by atoms with E-state index in [1.807, 2.05) is 120 Å². The van der Waals surface area contributed by atoms with Crippen LogP contribution >= 0.6 is 0 Å². The number of carbonyl (C=O) groups is 1. The minimum atomic E-state index is -1.46. The molecule has 6 heteroatoms. The van der Waals surface area contributed by atoms with Crippen molar-refractivity contribution in [2.45, 2.75) is 19.2 Å². The molecule has 36 heavy (non-hydrogen) atoms. The number of fused-ring (bicyclic) bond motifs is 6. The van der Waals surface area contributed by atoms with Gasteiger partial charge >= 0.3 is 0 Å². The molecule has 1 aromatic heterocycles. The van der Waals surface area contributed by atoms with Gasteiger partial charge in [0.25, 0.3) is 11.6 Å². The lowest BCUT2D eigenvalue weighted by molar-refractivity contribution is -0.137. The third-order valence-electron chi connectivity index (χ3n) is 6.85. The van der Waals surface area contributed by atoms with E-state index in [2.05, 4.69) is 0 Å². The third-order valence-corrected chi connectivity index (χ3v) is 6.85. The van der Waals surface area contributed by atoms with Crippen molar-refractivity contribution in [2.75, 3.05) is 4.90 Å². The number of ether oxygens (including phenoxy) is 1. The molecule has 0 unspecified atom stereocenters. The number of hydrogen-bond acceptors (Lipinski definition) is 4. The Hall–Kier alpha value is -4.71. The quantitative estimate of drug-likeness (QED) is 0.340. The summed E-state index contributed by atoms with van der Waals surface area (Å²) >= 11 is 0. The van der Waals surface area contributed by atoms with Crippen LogP contribution in [-0.4, -0.2) is 21.4 Å². The molecule has 5 aromatic rings. The van der Waals surface area contributed by atoms with Crippen LogP contribution in [-0.2, 0) is 21.8 Å². The maximum absolute atomic E-state index is 14.6. The lowest BCUT2D eigenvalue weighted by Crippen LogP contribution is -2.50. The molecule has 0 fully saturated rings. The summed E-state index contributed by atoms with van der Waals surface area (Å²) < 4.78 is 8.61. The average molecular weight is 471 g/mol. The fraction of sp³-hybridized carbons (Fsp3) is 0.100. The van der Waals surface area contributed by atoms with Gasteiger partial charge in [0.2, 0.25) is 11.8 Å². The fourth-order valence-corrected chi connectivity index (χ4v) is 5.24. The van der Waals surface area contributed by atoms with Crippen LogP contribution in [0.5, 0.6) is 0 Å². The van der Waals surface area contributed by atoms with E-state index >= 15 is 0 Å². The van der Waals surface area contributed by atoms with Gasteiger partial charge in [-0.1, -0.05) is 78.4 Å². The van der Waals surface area contributed by atoms with Gasteiger partial charge in [-0.2, -0.15) is 4.99 Å². The highest BCUT2D eigenvalue weighted by Gasteiger charge is 2.58. The van der Waals surface area contributed by atoms with Crippen LogP contribution in [0.2, 0.25) is 0 Å². The molecule has 4 aromatic carbocycles. The molecule has 1 amide bonds. The first-order chi connectivity index (χ1) is 17.6. The van der Waals surface area contributed by atoms with Gasteiger partial charge in [-0.3, -0.25) is 9.36 Å². The summed E-state index contributed by atoms with van der Waals surface area (Å²) in [5, 5.41) is 0. The molecule has 0 aliphatic carbocycles. The minimum absolute atomic E-state index is 0.169. The van der Waals surface area contributed by atoms with Crippen molar-refractivity contribution in [2.24, 2.45) is 4.99 Å². The van der Waals surface area contributed by atoms with Gasteiger partial charge in [-0.05, 0) is 42.8 Å². The maximum Gasteiger partial charge on any atom is 0.299 e. The first kappa shape index (κ1) is 20.6. The number of amides is 1. The van der Waals surface area contributed by atoms with E-state index in [-0.39, 0.29) is 5.91 Å². The Morgan fingerprint density at radius 2 is 1.64 bits per heavy atom. The van der Waals surface area contributed by atoms with Crippen LogP contribution in [0.15, 0.2) is 108 Å². The van der Waals surface area contributed by atoms with Crippen molar-refractivity contribution < 1.29 is 9.53 Å². The number of carbonyl (C=O) groups excluding carboxylic acids is 1. The number of aliphatic imine (C=N–C) groups is 1. The van der Waals surface area contributed by atoms with Crippen LogP contribution in [0.1, 0.15) is 22.3 Å². The Morgan fingerprint density at radius 3 is 2.50 bits per heavy atom. The largest absolute Gasteiger partial charge is 0.436 e. The monoisotopic (exact) mass is 470 g/mol. The van der Waals surface area contributed by atoms with E-state index in [9.17, 15) is 4.79 Å². The molecule has 7 rings (SSSR count). The Kier molecular flexibility index (Phi) is 4.39. The van der Waals surface area contributed by atoms with Crippen molar-refractivity contribution in [3.63, 3.8) is 0 Å². The van der Waals surface area contributed by atoms with Crippen LogP contribution in [0.25, 0.3) is 11.0 Å². The van der Waals surface area contributed by atoms with Crippen LogP contribution in [0.4, 0.5) is 11.6 Å². The Morgan fingerprint density at radius 1 is 0.861 bits per heavy atom. The first-order valence-electron chi connectivity index (χ1n) is 11.9. The zero-order valence-electron chi connectivity index (χ0n) is 19.6. The average Bonchev–Trinajstić information content (AvgIpc) is 3.39. The second kappa shape index (κ2) is 7.65. The fourth-order valence-electron chi connectivity index (χ4n) is 5.24. The zero-order valence-corrected chi connectivity index (χ0v) is 19.6. The van der Waals surface area contributed by atoms with E-state index in [1.165, 1.54) is 0 Å². The molecule has 0 N–H and O–H groups in total. The maximum atomic E-state index is 14.6. The van der Waals surface area contributed by atoms with Gasteiger partial charge in [0.05, 0.1) is 28.8 Å². The summed E-state index contributed by atoms with van der Waals surface area (Å²) in [5.74, 6) is 0.659. The van der Waals surface area contributed by atoms with Crippen LogP contribution < -0.4 is 4.90 Å². The van der Waals surface area contributed by atoms with E-state index in [1.54, 1.807) is 0 Å². The molecule has 174 valence electrons. The smallest absolute Gasteiger partial charge is 0.299 e. The molecule has 0 bridgehead atoms. The lowest BCUT2D eigenvalue weighted by Gasteiger charge is -2.35. The summed E-state index contributed by atoms with van der Waals surface area (Å²) in [4.78, 5) is 26.0. The summed E-state index contributed by atoms with van der Waals surface area (Å²) in [6, 6.07) is 33.6. The second-order valence-electron chi connectivity index (χ2n) is 9.16. The van der Waals surface area contributed by atoms with Gasteiger partial charge in [-0.25, -0.2) is 4.98 Å². The predicted molar refractivity (Wildman–Crippen MR) is 139 cm³/mol. The number of imidazole rings is 1. The Labute approximate surface area is 208 Å². The highest BCUT2D eigenvalue weighted by molar-refractivity contribution is 6.11. The Bertz CT molecular complexity index is 1690. The summed E-state index contributed by atoms with van der Waals surface area (Å²) in [7, 11) is 0. The number of benzene rings is 4. The van der Waals surface area contributed by atoms with Crippen LogP contribution in [0, 0.1) is 6.92 Å². The Balaban J connectivity index is 1.50. The highest BCUT2D eigenvalue weighted by Crippen LogP contribution is 2.49. The molecule has 3 heterocycles. The topological polar surface area (TPSA) is 59.7 Å². The summed E-state index contributed by atoms with van der Waals surface area (Å²) in [6.45, 7) is 2.45. The molecule has 2 aliphatic heterocycles. The van der Waals surface area contributed by atoms with Crippen molar-refractivity contribution in [1.82, 2.24) is 9.55 Å². The van der Waals surface area contributed by atoms with E-state index < -0.39 is 5.72 Å². The van der Waals surface area contributed by atoms with E-state index in [4.69, 9.17) is 14.7 Å². The number of rotatable bonds is 3. The molecule has 6 nitrogen and oxygen atoms in total. The predicted octanol–water partition coefficient (Wildman–Crippen LogP) is 5.70. The first-order valence-corrected chi connectivity index (χ1v) is 11.9. The molecule has 0 radical (unpaired) electrons. The van der Waals surface area contributed by atoms with E-state index in [0.29, 0.717) is 18.4 Å². The lowest BCUT2D eigenvalue weighted by atomic mass is 10.0. The molecular formula is C30H22N4O2. The summed E-state index contributed by atoms with van der Waals surface area (Å²) in [6.07, 6.45) is 0. The number of hydrogen-bond donors (Lipinski definition) is 0. The molecular weight excluding hydrogens is 448 g/mol.